The molecule has 2 aliphatic rings. The molecule has 0 radical (unpaired) electrons. The molecule has 5 heteroatoms. The minimum Gasteiger partial charge on any atom is -0.489 e. The van der Waals surface area contributed by atoms with E-state index in [0.29, 0.717) is 18.3 Å². The Balaban J connectivity index is 1.98. The number of nitrogens with one attached hydrogen (secondary N) is 1. The van der Waals surface area contributed by atoms with Gasteiger partial charge in [0.1, 0.15) is 18.0 Å². The highest BCUT2D eigenvalue weighted by Gasteiger charge is 2.29. The maximum Gasteiger partial charge on any atom is 0.144 e. The molecule has 84 valence electrons. The van der Waals surface area contributed by atoms with E-state index in [4.69, 9.17) is 4.74 Å². The summed E-state index contributed by atoms with van der Waals surface area (Å²) in [5.74, 6) is 0.773. The van der Waals surface area contributed by atoms with Crippen LogP contribution in [0.4, 0.5) is 11.4 Å². The Labute approximate surface area is 93.4 Å². The van der Waals surface area contributed by atoms with Crippen LogP contribution in [0.3, 0.4) is 0 Å². The summed E-state index contributed by atoms with van der Waals surface area (Å²) in [6.45, 7) is 3.59. The number of hydrogen-bond acceptors (Lipinski definition) is 5. The lowest BCUT2D eigenvalue weighted by molar-refractivity contribution is 0.247. The van der Waals surface area contributed by atoms with Gasteiger partial charge in [0.25, 0.3) is 0 Å². The fourth-order valence-corrected chi connectivity index (χ4v) is 2.33. The van der Waals surface area contributed by atoms with E-state index in [2.05, 4.69) is 15.4 Å². The molecule has 0 unspecified atom stereocenters. The zero-order valence-corrected chi connectivity index (χ0v) is 8.85. The lowest BCUT2D eigenvalue weighted by Crippen LogP contribution is -2.55. The van der Waals surface area contributed by atoms with Crippen molar-refractivity contribution >= 4 is 11.4 Å². The SMILES string of the molecule is O=Nc1ccc2c(c1)OC[C@H]1CNCCN21. The van der Waals surface area contributed by atoms with E-state index in [9.17, 15) is 4.91 Å². The topological polar surface area (TPSA) is 53.9 Å². The number of piperazine rings is 1. The van der Waals surface area contributed by atoms with Crippen molar-refractivity contribution in [1.29, 1.82) is 0 Å². The maximum absolute atomic E-state index is 10.4. The lowest BCUT2D eigenvalue weighted by atomic mass is 10.1. The van der Waals surface area contributed by atoms with E-state index in [1.165, 1.54) is 0 Å². The smallest absolute Gasteiger partial charge is 0.144 e. The first kappa shape index (κ1) is 9.59. The molecule has 0 spiro atoms. The van der Waals surface area contributed by atoms with Crippen LogP contribution in [-0.4, -0.2) is 32.3 Å². The average molecular weight is 219 g/mol. The monoisotopic (exact) mass is 219 g/mol. The van der Waals surface area contributed by atoms with Gasteiger partial charge in [-0.1, -0.05) is 0 Å². The second kappa shape index (κ2) is 3.75. The van der Waals surface area contributed by atoms with E-state index in [1.54, 1.807) is 12.1 Å². The summed E-state index contributed by atoms with van der Waals surface area (Å²) in [7, 11) is 0. The third kappa shape index (κ3) is 1.44. The van der Waals surface area contributed by atoms with Crippen LogP contribution >= 0.6 is 0 Å². The Morgan fingerprint density at radius 3 is 3.31 bits per heavy atom. The van der Waals surface area contributed by atoms with Crippen molar-refractivity contribution in [3.8, 4) is 5.75 Å². The standard InChI is InChI=1S/C11H13N3O2/c15-13-8-1-2-10-11(5-8)16-7-9-6-12-3-4-14(9)10/h1-2,5,9,12H,3-4,6-7H2/t9-/m1/s1. The molecular weight excluding hydrogens is 206 g/mol. The van der Waals surface area contributed by atoms with Gasteiger partial charge >= 0.3 is 0 Å². The number of ether oxygens (including phenoxy) is 1. The predicted molar refractivity (Wildman–Crippen MR) is 61.4 cm³/mol. The number of anilines is 1. The van der Waals surface area contributed by atoms with Crippen LogP contribution in [0.1, 0.15) is 0 Å². The molecular formula is C11H13N3O2. The Morgan fingerprint density at radius 2 is 2.44 bits per heavy atom. The maximum atomic E-state index is 10.4. The number of fused-ring (bicyclic) bond motifs is 3. The van der Waals surface area contributed by atoms with Crippen LogP contribution in [0.5, 0.6) is 5.75 Å². The van der Waals surface area contributed by atoms with E-state index in [1.807, 2.05) is 6.07 Å². The molecule has 5 nitrogen and oxygen atoms in total. The van der Waals surface area contributed by atoms with Gasteiger partial charge in [0, 0.05) is 25.7 Å². The van der Waals surface area contributed by atoms with Gasteiger partial charge in [-0.3, -0.25) is 0 Å². The number of hydrogen-bond donors (Lipinski definition) is 1. The molecule has 16 heavy (non-hydrogen) atoms. The summed E-state index contributed by atoms with van der Waals surface area (Å²) in [4.78, 5) is 12.8. The summed E-state index contributed by atoms with van der Waals surface area (Å²) in [5, 5.41) is 6.27. The third-order valence-electron chi connectivity index (χ3n) is 3.14. The molecule has 1 fully saturated rings. The fraction of sp³-hybridized carbons (Fsp3) is 0.455. The molecule has 0 bridgehead atoms. The van der Waals surface area contributed by atoms with Crippen LogP contribution in [0.25, 0.3) is 0 Å². The quantitative estimate of drug-likeness (QED) is 0.722. The first-order valence-corrected chi connectivity index (χ1v) is 5.46. The van der Waals surface area contributed by atoms with Crippen molar-refractivity contribution in [2.24, 2.45) is 5.18 Å². The summed E-state index contributed by atoms with van der Waals surface area (Å²) < 4.78 is 5.65. The van der Waals surface area contributed by atoms with Crippen molar-refractivity contribution in [2.45, 2.75) is 6.04 Å². The van der Waals surface area contributed by atoms with Crippen molar-refractivity contribution in [3.05, 3.63) is 23.1 Å². The van der Waals surface area contributed by atoms with Gasteiger partial charge in [-0.2, -0.15) is 0 Å². The molecule has 0 saturated carbocycles. The first-order chi connectivity index (χ1) is 7.88. The van der Waals surface area contributed by atoms with Gasteiger partial charge in [-0.25, -0.2) is 0 Å². The minimum atomic E-state index is 0.399. The molecule has 1 aromatic rings. The molecule has 2 aliphatic heterocycles. The molecule has 1 aromatic carbocycles. The minimum absolute atomic E-state index is 0.399. The van der Waals surface area contributed by atoms with E-state index < -0.39 is 0 Å². The normalized spacial score (nSPS) is 23.0. The predicted octanol–water partition coefficient (Wildman–Crippen LogP) is 1.26. The zero-order chi connectivity index (χ0) is 11.0. The zero-order valence-electron chi connectivity index (χ0n) is 8.85. The highest BCUT2D eigenvalue weighted by molar-refractivity contribution is 5.65. The number of rotatable bonds is 1. The van der Waals surface area contributed by atoms with Gasteiger partial charge in [0.05, 0.1) is 11.7 Å². The Kier molecular flexibility index (Phi) is 2.25. The largest absolute Gasteiger partial charge is 0.489 e. The molecule has 3 rings (SSSR count). The number of nitrogens with zero attached hydrogens (tertiary/aromatic N) is 2. The highest BCUT2D eigenvalue weighted by Crippen LogP contribution is 2.36. The van der Waals surface area contributed by atoms with Crippen molar-refractivity contribution < 1.29 is 4.74 Å². The van der Waals surface area contributed by atoms with Crippen LogP contribution in [-0.2, 0) is 0 Å². The lowest BCUT2D eigenvalue weighted by Gasteiger charge is -2.41. The molecule has 1 atom stereocenters. The molecule has 0 aliphatic carbocycles. The van der Waals surface area contributed by atoms with Gasteiger partial charge in [-0.05, 0) is 17.3 Å². The number of nitroso groups, excluding NO2 is 1. The Hall–Kier alpha value is -1.62. The van der Waals surface area contributed by atoms with Crippen molar-refractivity contribution in [3.63, 3.8) is 0 Å². The summed E-state index contributed by atoms with van der Waals surface area (Å²) in [6.07, 6.45) is 0. The molecule has 1 N–H and O–H groups in total. The second-order valence-corrected chi connectivity index (χ2v) is 4.11. The van der Waals surface area contributed by atoms with E-state index >= 15 is 0 Å². The third-order valence-corrected chi connectivity index (χ3v) is 3.14. The van der Waals surface area contributed by atoms with Gasteiger partial charge in [0.15, 0.2) is 0 Å². The Morgan fingerprint density at radius 1 is 1.50 bits per heavy atom. The van der Waals surface area contributed by atoms with Crippen LogP contribution in [0.15, 0.2) is 23.4 Å². The average Bonchev–Trinajstić information content (AvgIpc) is 2.38. The van der Waals surface area contributed by atoms with Crippen LogP contribution in [0.2, 0.25) is 0 Å². The van der Waals surface area contributed by atoms with Gasteiger partial charge in [0.2, 0.25) is 0 Å². The van der Waals surface area contributed by atoms with Crippen molar-refractivity contribution in [1.82, 2.24) is 5.32 Å². The van der Waals surface area contributed by atoms with E-state index in [-0.39, 0.29) is 0 Å². The summed E-state index contributed by atoms with van der Waals surface area (Å²) >= 11 is 0. The van der Waals surface area contributed by atoms with Crippen LogP contribution < -0.4 is 15.0 Å². The highest BCUT2D eigenvalue weighted by atomic mass is 16.5. The molecule has 2 heterocycles. The molecule has 0 amide bonds. The van der Waals surface area contributed by atoms with Crippen LogP contribution in [0, 0.1) is 4.91 Å². The fourth-order valence-electron chi connectivity index (χ4n) is 2.33. The van der Waals surface area contributed by atoms with Crippen molar-refractivity contribution in [2.75, 3.05) is 31.1 Å². The number of benzene rings is 1. The van der Waals surface area contributed by atoms with Gasteiger partial charge < -0.3 is 15.0 Å². The van der Waals surface area contributed by atoms with Gasteiger partial charge in [-0.15, -0.1) is 4.91 Å². The second-order valence-electron chi connectivity index (χ2n) is 4.11. The van der Waals surface area contributed by atoms with E-state index in [0.717, 1.165) is 31.1 Å². The first-order valence-electron chi connectivity index (χ1n) is 5.46. The summed E-state index contributed by atoms with van der Waals surface area (Å²) in [6, 6.07) is 5.76. The summed E-state index contributed by atoms with van der Waals surface area (Å²) in [5.41, 5.74) is 1.50. The Bertz CT molecular complexity index is 422. The molecule has 1 saturated heterocycles. The molecule has 0 aromatic heterocycles.